The molecule has 0 radical (unpaired) electrons. The number of anilines is 2. The van der Waals surface area contributed by atoms with E-state index in [2.05, 4.69) is 10.6 Å². The number of sulfonamides is 1. The summed E-state index contributed by atoms with van der Waals surface area (Å²) in [4.78, 5) is 12.0. The van der Waals surface area contributed by atoms with Crippen molar-refractivity contribution in [3.8, 4) is 6.07 Å². The van der Waals surface area contributed by atoms with Crippen LogP contribution in [-0.2, 0) is 29.7 Å². The third-order valence-electron chi connectivity index (χ3n) is 4.67. The number of hydrogen-bond donors (Lipinski definition) is 3. The normalized spacial score (nSPS) is 15.4. The first-order valence-corrected chi connectivity index (χ1v) is 12.9. The minimum atomic E-state index is -4.48. The molecule has 0 aromatic heterocycles. The number of carbonyl (C=O) groups excluding carboxylic acids is 1. The monoisotopic (exact) mass is 526 g/mol. The molecule has 1 fully saturated rings. The maximum atomic E-state index is 12.9. The van der Waals surface area contributed by atoms with Crippen molar-refractivity contribution < 1.29 is 30.9 Å². The summed E-state index contributed by atoms with van der Waals surface area (Å²) in [6, 6.07) is 10.5. The van der Waals surface area contributed by atoms with Crippen LogP contribution in [0.2, 0.25) is 5.02 Å². The second-order valence-electron chi connectivity index (χ2n) is 6.93. The lowest BCUT2D eigenvalue weighted by molar-refractivity contribution is -0.112. The number of carbonyl (C=O) groups is 1. The molecule has 2 aromatic carbocycles. The van der Waals surface area contributed by atoms with Gasteiger partial charge < -0.3 is 15.4 Å². The smallest absolute Gasteiger partial charge is 0.294 e. The van der Waals surface area contributed by atoms with Crippen LogP contribution in [0.5, 0.6) is 0 Å². The zero-order valence-corrected chi connectivity index (χ0v) is 19.8. The summed E-state index contributed by atoms with van der Waals surface area (Å²) in [5.41, 5.74) is -0.238. The fourth-order valence-electron chi connectivity index (χ4n) is 2.94. The van der Waals surface area contributed by atoms with Gasteiger partial charge in [-0.15, -0.1) is 0 Å². The van der Waals surface area contributed by atoms with Gasteiger partial charge in [0.2, 0.25) is 10.0 Å². The van der Waals surface area contributed by atoms with Crippen LogP contribution in [0, 0.1) is 11.3 Å². The van der Waals surface area contributed by atoms with Gasteiger partial charge in [-0.25, -0.2) is 8.42 Å². The zero-order chi connectivity index (χ0) is 24.9. The lowest BCUT2D eigenvalue weighted by atomic mass is 10.2. The molecule has 11 nitrogen and oxygen atoms in total. The molecule has 1 amide bonds. The molecule has 0 aliphatic carbocycles. The number of nitriles is 1. The molecule has 3 N–H and O–H groups in total. The van der Waals surface area contributed by atoms with Gasteiger partial charge in [0.15, 0.2) is 0 Å². The molecule has 1 aliphatic rings. The van der Waals surface area contributed by atoms with E-state index in [0.29, 0.717) is 0 Å². The van der Waals surface area contributed by atoms with Crippen LogP contribution in [-0.4, -0.2) is 57.9 Å². The standard InChI is InChI=1S/C20H19ClN4O7S2/c21-18-5-4-16(33(27,28)25-6-8-32-9-7-25)11-19(18)23-13-14(12-22)20(26)24-15-2-1-3-17(10-15)34(29,30)31/h1-5,10-11,13,23H,6-9H2,(H,24,26)(H,29,30,31)/b14-13-. The fourth-order valence-corrected chi connectivity index (χ4v) is 5.08. The van der Waals surface area contributed by atoms with Gasteiger partial charge in [0.05, 0.1) is 33.7 Å². The molecule has 0 spiro atoms. The molecule has 0 saturated carbocycles. The third-order valence-corrected chi connectivity index (χ3v) is 7.75. The van der Waals surface area contributed by atoms with E-state index < -0.39 is 36.5 Å². The SMILES string of the molecule is N#C/C(=C/Nc1cc(S(=O)(=O)N2CCOCC2)ccc1Cl)C(=O)Nc1cccc(S(=O)(=O)O)c1. The molecule has 14 heteroatoms. The van der Waals surface area contributed by atoms with E-state index in [0.717, 1.165) is 18.3 Å². The Balaban J connectivity index is 1.80. The van der Waals surface area contributed by atoms with Crippen LogP contribution in [0.1, 0.15) is 0 Å². The van der Waals surface area contributed by atoms with Crippen LogP contribution >= 0.6 is 11.6 Å². The van der Waals surface area contributed by atoms with Crippen molar-refractivity contribution in [2.75, 3.05) is 36.9 Å². The molecule has 1 heterocycles. The van der Waals surface area contributed by atoms with Crippen LogP contribution in [0.15, 0.2) is 64.0 Å². The van der Waals surface area contributed by atoms with Gasteiger partial charge in [-0.2, -0.15) is 18.0 Å². The van der Waals surface area contributed by atoms with E-state index in [4.69, 9.17) is 20.9 Å². The third kappa shape index (κ3) is 6.11. The Morgan fingerprint density at radius 3 is 2.47 bits per heavy atom. The molecule has 3 rings (SSSR count). The van der Waals surface area contributed by atoms with Gasteiger partial charge in [-0.1, -0.05) is 17.7 Å². The Morgan fingerprint density at radius 1 is 1.12 bits per heavy atom. The highest BCUT2D eigenvalue weighted by Gasteiger charge is 2.27. The van der Waals surface area contributed by atoms with E-state index >= 15 is 0 Å². The van der Waals surface area contributed by atoms with Crippen molar-refractivity contribution in [3.05, 3.63) is 59.3 Å². The maximum absolute atomic E-state index is 12.9. The van der Waals surface area contributed by atoms with Crippen LogP contribution in [0.4, 0.5) is 11.4 Å². The van der Waals surface area contributed by atoms with Gasteiger partial charge in [-0.3, -0.25) is 9.35 Å². The summed E-state index contributed by atoms with van der Waals surface area (Å²) in [7, 11) is -8.28. The average Bonchev–Trinajstić information content (AvgIpc) is 2.80. The second kappa shape index (κ2) is 10.5. The van der Waals surface area contributed by atoms with Crippen molar-refractivity contribution >= 4 is 49.0 Å². The van der Waals surface area contributed by atoms with Gasteiger partial charge in [0, 0.05) is 25.0 Å². The summed E-state index contributed by atoms with van der Waals surface area (Å²) in [6.45, 7) is 0.999. The molecular weight excluding hydrogens is 508 g/mol. The Morgan fingerprint density at radius 2 is 1.82 bits per heavy atom. The van der Waals surface area contributed by atoms with E-state index in [1.165, 1.54) is 34.6 Å². The molecular formula is C20H19ClN4O7S2. The number of halogens is 1. The number of benzene rings is 2. The lowest BCUT2D eigenvalue weighted by Crippen LogP contribution is -2.40. The van der Waals surface area contributed by atoms with E-state index in [9.17, 15) is 26.9 Å². The highest BCUT2D eigenvalue weighted by atomic mass is 35.5. The minimum Gasteiger partial charge on any atom is -0.379 e. The first-order chi connectivity index (χ1) is 16.0. The molecule has 180 valence electrons. The molecule has 1 saturated heterocycles. The first-order valence-electron chi connectivity index (χ1n) is 9.65. The summed E-state index contributed by atoms with van der Waals surface area (Å²) >= 11 is 6.14. The number of hydrogen-bond acceptors (Lipinski definition) is 8. The molecule has 0 unspecified atom stereocenters. The number of rotatable bonds is 7. The topological polar surface area (TPSA) is 166 Å². The highest BCUT2D eigenvalue weighted by molar-refractivity contribution is 7.89. The second-order valence-corrected chi connectivity index (χ2v) is 10.7. The minimum absolute atomic E-state index is 0.0258. The molecule has 0 atom stereocenters. The summed E-state index contributed by atoms with van der Waals surface area (Å²) < 4.78 is 63.8. The Kier molecular flexibility index (Phi) is 7.93. The van der Waals surface area contributed by atoms with Gasteiger partial charge in [-0.05, 0) is 36.4 Å². The Bertz CT molecular complexity index is 1380. The Hall–Kier alpha value is -2.99. The van der Waals surface area contributed by atoms with Crippen molar-refractivity contribution in [1.29, 1.82) is 5.26 Å². The van der Waals surface area contributed by atoms with Gasteiger partial charge >= 0.3 is 0 Å². The van der Waals surface area contributed by atoms with Crippen molar-refractivity contribution in [2.24, 2.45) is 0 Å². The predicted molar refractivity (Wildman–Crippen MR) is 123 cm³/mol. The van der Waals surface area contributed by atoms with E-state index in [-0.39, 0.29) is 47.6 Å². The fraction of sp³-hybridized carbons (Fsp3) is 0.200. The largest absolute Gasteiger partial charge is 0.379 e. The molecule has 0 bridgehead atoms. The molecule has 34 heavy (non-hydrogen) atoms. The zero-order valence-electron chi connectivity index (χ0n) is 17.4. The highest BCUT2D eigenvalue weighted by Crippen LogP contribution is 2.27. The maximum Gasteiger partial charge on any atom is 0.294 e. The van der Waals surface area contributed by atoms with E-state index in [1.807, 2.05) is 0 Å². The van der Waals surface area contributed by atoms with Crippen molar-refractivity contribution in [2.45, 2.75) is 9.79 Å². The number of nitrogens with one attached hydrogen (secondary N) is 2. The Labute approximate surface area is 201 Å². The molecule has 2 aromatic rings. The lowest BCUT2D eigenvalue weighted by Gasteiger charge is -2.26. The number of ether oxygens (including phenoxy) is 1. The quantitative estimate of drug-likeness (QED) is 0.278. The molecule has 1 aliphatic heterocycles. The van der Waals surface area contributed by atoms with E-state index in [1.54, 1.807) is 6.07 Å². The summed E-state index contributed by atoms with van der Waals surface area (Å²) in [5.74, 6) is -0.879. The van der Waals surface area contributed by atoms with Crippen molar-refractivity contribution in [1.82, 2.24) is 4.31 Å². The first kappa shape index (κ1) is 25.6. The van der Waals surface area contributed by atoms with Crippen molar-refractivity contribution in [3.63, 3.8) is 0 Å². The summed E-state index contributed by atoms with van der Waals surface area (Å²) in [6.07, 6.45) is 1.04. The number of nitrogens with zero attached hydrogens (tertiary/aromatic N) is 2. The van der Waals surface area contributed by atoms with Crippen LogP contribution < -0.4 is 10.6 Å². The van der Waals surface area contributed by atoms with Crippen LogP contribution in [0.25, 0.3) is 0 Å². The number of amides is 1. The average molecular weight is 527 g/mol. The van der Waals surface area contributed by atoms with Crippen LogP contribution in [0.3, 0.4) is 0 Å². The number of morpholine rings is 1. The summed E-state index contributed by atoms with van der Waals surface area (Å²) in [5, 5.41) is 14.5. The van der Waals surface area contributed by atoms with Gasteiger partial charge in [0.25, 0.3) is 16.0 Å². The van der Waals surface area contributed by atoms with Gasteiger partial charge in [0.1, 0.15) is 11.6 Å². The predicted octanol–water partition coefficient (Wildman–Crippen LogP) is 2.07.